The van der Waals surface area contributed by atoms with Gasteiger partial charge in [0.1, 0.15) is 0 Å². The number of nitrogens with one attached hydrogen (secondary N) is 1. The van der Waals surface area contributed by atoms with Crippen molar-refractivity contribution in [3.05, 3.63) is 47.3 Å². The lowest BCUT2D eigenvalue weighted by Crippen LogP contribution is -2.30. The Labute approximate surface area is 167 Å². The van der Waals surface area contributed by atoms with Crippen molar-refractivity contribution in [2.45, 2.75) is 57.8 Å². The number of nitrogens with zero attached hydrogens (tertiary/aromatic N) is 2. The first-order chi connectivity index (χ1) is 13.7. The van der Waals surface area contributed by atoms with E-state index in [4.69, 9.17) is 0 Å². The lowest BCUT2D eigenvalue weighted by atomic mass is 10.0. The molecule has 4 nitrogen and oxygen atoms in total. The molecular weight excluding hydrogens is 379 g/mol. The Hall–Kier alpha value is -2.44. The molecule has 0 spiro atoms. The first-order valence-corrected chi connectivity index (χ1v) is 10.1. The molecule has 3 heterocycles. The summed E-state index contributed by atoms with van der Waals surface area (Å²) in [6, 6.07) is 9.17. The second kappa shape index (κ2) is 6.03. The van der Waals surface area contributed by atoms with Crippen LogP contribution in [-0.4, -0.2) is 23.2 Å². The quantitative estimate of drug-likeness (QED) is 0.754. The highest BCUT2D eigenvalue weighted by Gasteiger charge is 2.63. The third-order valence-electron chi connectivity index (χ3n) is 6.89. The van der Waals surface area contributed by atoms with Crippen molar-refractivity contribution in [2.75, 3.05) is 16.8 Å². The van der Waals surface area contributed by atoms with Crippen molar-refractivity contribution in [1.29, 1.82) is 0 Å². The van der Waals surface area contributed by atoms with Gasteiger partial charge in [-0.25, -0.2) is 0 Å². The minimum absolute atomic E-state index is 0.0417. The number of hydrogen-bond acceptors (Lipinski definition) is 2. The Morgan fingerprint density at radius 2 is 1.93 bits per heavy atom. The molecule has 0 radical (unpaired) electrons. The zero-order valence-corrected chi connectivity index (χ0v) is 16.5. The van der Waals surface area contributed by atoms with Gasteiger partial charge < -0.3 is 14.8 Å². The molecule has 1 aromatic carbocycles. The van der Waals surface area contributed by atoms with E-state index in [0.717, 1.165) is 29.8 Å². The first kappa shape index (κ1) is 18.6. The smallest absolute Gasteiger partial charge is 0.361 e. The van der Waals surface area contributed by atoms with E-state index in [9.17, 15) is 18.0 Å². The van der Waals surface area contributed by atoms with Crippen LogP contribution in [0.4, 0.5) is 24.5 Å². The van der Waals surface area contributed by atoms with Crippen LogP contribution in [0, 0.1) is 19.3 Å². The molecule has 1 aliphatic carbocycles. The summed E-state index contributed by atoms with van der Waals surface area (Å²) in [6.45, 7) is 4.75. The van der Waals surface area contributed by atoms with Gasteiger partial charge in [0.05, 0.1) is 17.5 Å². The molecule has 2 unspecified atom stereocenters. The molecule has 5 rings (SSSR count). The number of amides is 1. The maximum absolute atomic E-state index is 13.1. The predicted molar refractivity (Wildman–Crippen MR) is 105 cm³/mol. The Bertz CT molecular complexity index is 966. The number of aryl methyl sites for hydroxylation is 2. The number of halogens is 3. The highest BCUT2D eigenvalue weighted by Crippen LogP contribution is 2.60. The third-order valence-corrected chi connectivity index (χ3v) is 6.89. The highest BCUT2D eigenvalue weighted by molar-refractivity contribution is 5.93. The van der Waals surface area contributed by atoms with Crippen molar-refractivity contribution in [1.82, 2.24) is 4.57 Å². The topological polar surface area (TPSA) is 37.3 Å². The van der Waals surface area contributed by atoms with Gasteiger partial charge >= 0.3 is 6.18 Å². The van der Waals surface area contributed by atoms with Gasteiger partial charge in [-0.2, -0.15) is 13.2 Å². The summed E-state index contributed by atoms with van der Waals surface area (Å²) in [6.07, 6.45) is -1.48. The van der Waals surface area contributed by atoms with Crippen molar-refractivity contribution < 1.29 is 18.0 Å². The van der Waals surface area contributed by atoms with Gasteiger partial charge in [0.15, 0.2) is 0 Å². The van der Waals surface area contributed by atoms with Crippen LogP contribution in [0.3, 0.4) is 0 Å². The average Bonchev–Trinajstić information content (AvgIpc) is 3.02. The molecule has 2 bridgehead atoms. The Morgan fingerprint density at radius 1 is 1.24 bits per heavy atom. The van der Waals surface area contributed by atoms with Crippen LogP contribution in [0.25, 0.3) is 0 Å². The predicted octanol–water partition coefficient (Wildman–Crippen LogP) is 5.28. The molecule has 2 aliphatic heterocycles. The van der Waals surface area contributed by atoms with E-state index in [2.05, 4.69) is 33.1 Å². The van der Waals surface area contributed by atoms with Gasteiger partial charge in [0, 0.05) is 36.2 Å². The monoisotopic (exact) mass is 403 g/mol. The molecule has 2 fully saturated rings. The van der Waals surface area contributed by atoms with E-state index in [-0.39, 0.29) is 12.8 Å². The van der Waals surface area contributed by atoms with Crippen LogP contribution in [0.1, 0.15) is 54.6 Å². The molecule has 1 amide bonds. The van der Waals surface area contributed by atoms with E-state index in [0.29, 0.717) is 17.8 Å². The summed E-state index contributed by atoms with van der Waals surface area (Å²) < 4.78 is 41.8. The minimum Gasteiger partial charge on any atom is -0.361 e. The maximum Gasteiger partial charge on any atom is 0.395 e. The van der Waals surface area contributed by atoms with E-state index in [1.807, 2.05) is 26.0 Å². The number of hydrogen-bond donors (Lipinski definition) is 1. The summed E-state index contributed by atoms with van der Waals surface area (Å²) in [5.74, 6) is -0.558. The Morgan fingerprint density at radius 3 is 2.55 bits per heavy atom. The molecule has 154 valence electrons. The van der Waals surface area contributed by atoms with Gasteiger partial charge in [-0.15, -0.1) is 0 Å². The van der Waals surface area contributed by atoms with Crippen LogP contribution in [0.2, 0.25) is 0 Å². The zero-order chi connectivity index (χ0) is 20.6. The fourth-order valence-electron chi connectivity index (χ4n) is 5.11. The van der Waals surface area contributed by atoms with E-state index >= 15 is 0 Å². The lowest BCUT2D eigenvalue weighted by Gasteiger charge is -2.31. The van der Waals surface area contributed by atoms with Crippen molar-refractivity contribution >= 4 is 17.3 Å². The SMILES string of the molecule is Cc1cc(N2CC3CC2c2cccn23)cc(C)c1NC(=O)CC1(C(F)(F)F)CC1. The summed E-state index contributed by atoms with van der Waals surface area (Å²) in [7, 11) is 0. The molecular formula is C22H24F3N3O. The highest BCUT2D eigenvalue weighted by atomic mass is 19.4. The number of alkyl halides is 3. The molecule has 2 aromatic rings. The minimum atomic E-state index is -4.31. The Kier molecular flexibility index (Phi) is 3.86. The van der Waals surface area contributed by atoms with E-state index in [1.165, 1.54) is 5.69 Å². The number of rotatable bonds is 4. The van der Waals surface area contributed by atoms with Gasteiger partial charge in [0.2, 0.25) is 5.91 Å². The van der Waals surface area contributed by atoms with Crippen LogP contribution in [0.15, 0.2) is 30.5 Å². The largest absolute Gasteiger partial charge is 0.395 e. The number of benzene rings is 1. The molecule has 3 aliphatic rings. The Balaban J connectivity index is 1.34. The summed E-state index contributed by atoms with van der Waals surface area (Å²) in [5.41, 5.74) is 3.00. The number of aromatic nitrogens is 1. The fraction of sp³-hybridized carbons (Fsp3) is 0.500. The lowest BCUT2D eigenvalue weighted by molar-refractivity contribution is -0.189. The molecule has 29 heavy (non-hydrogen) atoms. The number of carbonyl (C=O) groups excluding carboxylic acids is 1. The van der Waals surface area contributed by atoms with Crippen molar-refractivity contribution in [3.8, 4) is 0 Å². The second-order valence-electron chi connectivity index (χ2n) is 8.86. The van der Waals surface area contributed by atoms with Crippen LogP contribution < -0.4 is 10.2 Å². The number of anilines is 2. The standard InChI is InChI=1S/C22H24F3N3O/c1-13-8-15(28-12-16-10-18(28)17-4-3-7-27(16)17)9-14(2)20(13)26-19(29)11-21(5-6-21)22(23,24)25/h3-4,7-9,16,18H,5-6,10-12H2,1-2H3,(H,26,29). The van der Waals surface area contributed by atoms with E-state index < -0.39 is 23.9 Å². The molecule has 7 heteroatoms. The first-order valence-electron chi connectivity index (χ1n) is 10.1. The molecule has 2 atom stereocenters. The average molecular weight is 403 g/mol. The number of fused-ring (bicyclic) bond motifs is 5. The van der Waals surface area contributed by atoms with Crippen LogP contribution in [-0.2, 0) is 4.79 Å². The van der Waals surface area contributed by atoms with Crippen LogP contribution in [0.5, 0.6) is 0 Å². The van der Waals surface area contributed by atoms with Crippen LogP contribution >= 0.6 is 0 Å². The summed E-state index contributed by atoms with van der Waals surface area (Å²) in [4.78, 5) is 14.7. The van der Waals surface area contributed by atoms with Crippen molar-refractivity contribution in [2.24, 2.45) is 5.41 Å². The molecule has 1 N–H and O–H groups in total. The molecule has 1 saturated heterocycles. The molecule has 1 saturated carbocycles. The van der Waals surface area contributed by atoms with Gasteiger partial charge in [-0.3, -0.25) is 4.79 Å². The van der Waals surface area contributed by atoms with Gasteiger partial charge in [-0.1, -0.05) is 0 Å². The van der Waals surface area contributed by atoms with Gasteiger partial charge in [0.25, 0.3) is 0 Å². The summed E-state index contributed by atoms with van der Waals surface area (Å²) >= 11 is 0. The van der Waals surface area contributed by atoms with E-state index in [1.54, 1.807) is 0 Å². The second-order valence-corrected chi connectivity index (χ2v) is 8.86. The zero-order valence-electron chi connectivity index (χ0n) is 16.5. The number of carbonyl (C=O) groups is 1. The normalized spacial score (nSPS) is 24.0. The maximum atomic E-state index is 13.1. The van der Waals surface area contributed by atoms with Crippen molar-refractivity contribution in [3.63, 3.8) is 0 Å². The van der Waals surface area contributed by atoms with Gasteiger partial charge in [-0.05, 0) is 68.5 Å². The molecule has 1 aromatic heterocycles. The fourth-order valence-corrected chi connectivity index (χ4v) is 5.11. The third kappa shape index (κ3) is 2.85. The summed E-state index contributed by atoms with van der Waals surface area (Å²) in [5, 5.41) is 2.75.